The third kappa shape index (κ3) is 41.1. The maximum atomic E-state index is 10.4. The van der Waals surface area contributed by atoms with Crippen LogP contribution in [0.5, 0.6) is 0 Å². The van der Waals surface area contributed by atoms with Crippen molar-refractivity contribution in [2.45, 2.75) is 103 Å². The van der Waals surface area contributed by atoms with Crippen molar-refractivity contribution in [3.63, 3.8) is 0 Å². The van der Waals surface area contributed by atoms with E-state index >= 15 is 0 Å². The van der Waals surface area contributed by atoms with Gasteiger partial charge in [0.2, 0.25) is 0 Å². The molecule has 0 aliphatic rings. The maximum absolute atomic E-state index is 10.4. The average molecular weight is 622 g/mol. The number of nitrogens with one attached hydrogen (secondary N) is 1. The van der Waals surface area contributed by atoms with Gasteiger partial charge in [-0.15, -0.1) is 0 Å². The van der Waals surface area contributed by atoms with Crippen LogP contribution in [0.3, 0.4) is 0 Å². The van der Waals surface area contributed by atoms with Crippen LogP contribution < -0.4 is 5.32 Å². The van der Waals surface area contributed by atoms with E-state index in [1.54, 1.807) is 0 Å². The van der Waals surface area contributed by atoms with E-state index in [9.17, 15) is 4.79 Å². The quantitative estimate of drug-likeness (QED) is 0.0835. The predicted molar refractivity (Wildman–Crippen MR) is 171 cm³/mol. The van der Waals surface area contributed by atoms with Gasteiger partial charge in [-0.2, -0.15) is 0 Å². The molecule has 0 aromatic heterocycles. The Balaban J connectivity index is 3.03. The first-order valence-corrected chi connectivity index (χ1v) is 17.2. The number of carbonyl (C=O) groups is 1. The summed E-state index contributed by atoms with van der Waals surface area (Å²) in [6, 6.07) is 0. The van der Waals surface area contributed by atoms with Crippen molar-refractivity contribution in [1.82, 2.24) is 5.32 Å². The molecule has 0 atom stereocenters. The van der Waals surface area contributed by atoms with E-state index in [1.807, 2.05) is 0 Å². The van der Waals surface area contributed by atoms with Crippen LogP contribution in [-0.4, -0.2) is 117 Å². The second-order valence-electron chi connectivity index (χ2n) is 10.8. The van der Waals surface area contributed by atoms with Crippen LogP contribution in [0.4, 0.5) is 0 Å². The average Bonchev–Trinajstić information content (AvgIpc) is 3.00. The first kappa shape index (κ1) is 42.1. The van der Waals surface area contributed by atoms with Crippen LogP contribution in [0.1, 0.15) is 103 Å². The maximum Gasteiger partial charge on any atom is 0.304 e. The summed E-state index contributed by atoms with van der Waals surface area (Å²) in [5, 5.41) is 11.5. The number of carboxylic acid groups (broad SMARTS) is 1. The highest BCUT2D eigenvalue weighted by Crippen LogP contribution is 2.12. The zero-order valence-corrected chi connectivity index (χ0v) is 27.6. The van der Waals surface area contributed by atoms with Gasteiger partial charge in [0, 0.05) is 19.7 Å². The van der Waals surface area contributed by atoms with E-state index in [0.29, 0.717) is 99.0 Å². The van der Waals surface area contributed by atoms with Crippen LogP contribution in [-0.2, 0) is 38.0 Å². The summed E-state index contributed by atoms with van der Waals surface area (Å²) in [5.41, 5.74) is 0. The normalized spacial score (nSPS) is 11.5. The van der Waals surface area contributed by atoms with E-state index in [-0.39, 0.29) is 6.42 Å². The number of carboxylic acids is 1. The van der Waals surface area contributed by atoms with Crippen molar-refractivity contribution < 1.29 is 43.1 Å². The SMILES string of the molecule is CCCCCCCCCCCCCCCCOCCOCCOCCOCCOCCOCCOCCNCCC(=O)O. The molecule has 0 bridgehead atoms. The summed E-state index contributed by atoms with van der Waals surface area (Å²) in [5.74, 6) is -0.803. The lowest BCUT2D eigenvalue weighted by Crippen LogP contribution is -2.23. The van der Waals surface area contributed by atoms with Crippen LogP contribution >= 0.6 is 0 Å². The lowest BCUT2D eigenvalue weighted by Gasteiger charge is -2.08. The molecule has 0 rings (SSSR count). The van der Waals surface area contributed by atoms with Crippen molar-refractivity contribution in [3.8, 4) is 0 Å². The molecule has 0 heterocycles. The molecule has 10 heteroatoms. The molecule has 0 aromatic carbocycles. The van der Waals surface area contributed by atoms with Gasteiger partial charge in [-0.3, -0.25) is 4.79 Å². The van der Waals surface area contributed by atoms with Crippen molar-refractivity contribution >= 4 is 5.97 Å². The van der Waals surface area contributed by atoms with Crippen molar-refractivity contribution in [1.29, 1.82) is 0 Å². The molecule has 0 saturated heterocycles. The van der Waals surface area contributed by atoms with Gasteiger partial charge in [0.1, 0.15) is 0 Å². The van der Waals surface area contributed by atoms with E-state index in [4.69, 9.17) is 38.3 Å². The highest BCUT2D eigenvalue weighted by molar-refractivity contribution is 5.66. The smallest absolute Gasteiger partial charge is 0.304 e. The molecule has 2 N–H and O–H groups in total. The second-order valence-corrected chi connectivity index (χ2v) is 10.8. The molecule has 0 amide bonds. The molecule has 258 valence electrons. The van der Waals surface area contributed by atoms with Crippen molar-refractivity contribution in [2.24, 2.45) is 0 Å². The summed E-state index contributed by atoms with van der Waals surface area (Å²) < 4.78 is 38.5. The van der Waals surface area contributed by atoms with Gasteiger partial charge in [0.05, 0.1) is 92.3 Å². The molecule has 0 aliphatic carbocycles. The molecule has 0 spiro atoms. The molecule has 0 aromatic rings. The molecule has 0 aliphatic heterocycles. The lowest BCUT2D eigenvalue weighted by molar-refractivity contribution is -0.136. The fraction of sp³-hybridized carbons (Fsp3) is 0.970. The Morgan fingerprint density at radius 1 is 0.419 bits per heavy atom. The summed E-state index contributed by atoms with van der Waals surface area (Å²) in [6.07, 6.45) is 19.4. The van der Waals surface area contributed by atoms with Gasteiger partial charge in [-0.1, -0.05) is 90.4 Å². The highest BCUT2D eigenvalue weighted by Gasteiger charge is 1.98. The van der Waals surface area contributed by atoms with Crippen LogP contribution in [0.25, 0.3) is 0 Å². The van der Waals surface area contributed by atoms with Gasteiger partial charge < -0.3 is 43.6 Å². The Hall–Kier alpha value is -0.850. The van der Waals surface area contributed by atoms with Gasteiger partial charge >= 0.3 is 5.97 Å². The highest BCUT2D eigenvalue weighted by atomic mass is 16.6. The minimum absolute atomic E-state index is 0.119. The van der Waals surface area contributed by atoms with Gasteiger partial charge in [0.15, 0.2) is 0 Å². The Bertz CT molecular complexity index is 529. The first-order chi connectivity index (χ1) is 21.3. The molecule has 0 radical (unpaired) electrons. The summed E-state index contributed by atoms with van der Waals surface area (Å²) in [6.45, 7) is 11.2. The van der Waals surface area contributed by atoms with Crippen LogP contribution in [0, 0.1) is 0 Å². The summed E-state index contributed by atoms with van der Waals surface area (Å²) >= 11 is 0. The molecule has 0 saturated carbocycles. The molecule has 0 unspecified atom stereocenters. The number of unbranched alkanes of at least 4 members (excludes halogenated alkanes) is 13. The third-order valence-corrected chi connectivity index (χ3v) is 6.81. The minimum Gasteiger partial charge on any atom is -0.481 e. The predicted octanol–water partition coefficient (Wildman–Crippen LogP) is 5.65. The van der Waals surface area contributed by atoms with Gasteiger partial charge in [-0.25, -0.2) is 0 Å². The Morgan fingerprint density at radius 2 is 0.721 bits per heavy atom. The molecule has 0 fully saturated rings. The molecule has 43 heavy (non-hydrogen) atoms. The van der Waals surface area contributed by atoms with E-state index in [1.165, 1.54) is 83.5 Å². The summed E-state index contributed by atoms with van der Waals surface area (Å²) in [7, 11) is 0. The lowest BCUT2D eigenvalue weighted by atomic mass is 10.0. The number of aliphatic carboxylic acids is 1. The zero-order valence-electron chi connectivity index (χ0n) is 27.6. The van der Waals surface area contributed by atoms with Gasteiger partial charge in [0.25, 0.3) is 0 Å². The number of hydrogen-bond acceptors (Lipinski definition) is 9. The number of ether oxygens (including phenoxy) is 7. The fourth-order valence-electron chi connectivity index (χ4n) is 4.28. The van der Waals surface area contributed by atoms with Crippen molar-refractivity contribution in [3.05, 3.63) is 0 Å². The molecular weight excluding hydrogens is 554 g/mol. The standard InChI is InChI=1S/C33H67NO9/c1-2-3-4-5-6-7-8-9-10-11-12-13-14-15-19-37-21-23-39-25-27-41-29-31-43-32-30-42-28-26-40-24-22-38-20-18-34-17-16-33(35)36/h34H,2-32H2,1H3,(H,35,36). The number of rotatable bonds is 39. The third-order valence-electron chi connectivity index (χ3n) is 6.81. The minimum atomic E-state index is -0.803. The van der Waals surface area contributed by atoms with E-state index < -0.39 is 5.97 Å². The van der Waals surface area contributed by atoms with E-state index in [2.05, 4.69) is 12.2 Å². The second kappa shape index (κ2) is 39.2. The Morgan fingerprint density at radius 3 is 1.07 bits per heavy atom. The van der Waals surface area contributed by atoms with Crippen LogP contribution in [0.15, 0.2) is 0 Å². The Labute approximate surface area is 263 Å². The molecular formula is C33H67NO9. The Kier molecular flexibility index (Phi) is 38.4. The van der Waals surface area contributed by atoms with Crippen molar-refractivity contribution in [2.75, 3.05) is 106 Å². The molecule has 10 nitrogen and oxygen atoms in total. The topological polar surface area (TPSA) is 114 Å². The van der Waals surface area contributed by atoms with E-state index in [0.717, 1.165) is 13.0 Å². The zero-order chi connectivity index (χ0) is 31.2. The monoisotopic (exact) mass is 621 g/mol. The fourth-order valence-corrected chi connectivity index (χ4v) is 4.28. The summed E-state index contributed by atoms with van der Waals surface area (Å²) in [4.78, 5) is 10.4. The van der Waals surface area contributed by atoms with Crippen LogP contribution in [0.2, 0.25) is 0 Å². The first-order valence-electron chi connectivity index (χ1n) is 17.2. The largest absolute Gasteiger partial charge is 0.481 e. The number of hydrogen-bond donors (Lipinski definition) is 2. The van der Waals surface area contributed by atoms with Gasteiger partial charge in [-0.05, 0) is 6.42 Å².